The van der Waals surface area contributed by atoms with Gasteiger partial charge in [-0.1, -0.05) is 12.1 Å². The molecule has 4 amide bonds. The number of halogens is 3. The number of hydrogen-bond donors (Lipinski definition) is 2. The van der Waals surface area contributed by atoms with E-state index in [-0.39, 0.29) is 34.5 Å². The van der Waals surface area contributed by atoms with Crippen LogP contribution in [0.1, 0.15) is 39.3 Å². The number of alkyl halides is 3. The monoisotopic (exact) mass is 544 g/mol. The van der Waals surface area contributed by atoms with Crippen molar-refractivity contribution < 1.29 is 37.0 Å². The van der Waals surface area contributed by atoms with E-state index in [1.54, 1.807) is 20.8 Å². The summed E-state index contributed by atoms with van der Waals surface area (Å²) >= 11 is 0. The number of hydrogen-bond acceptors (Lipinski definition) is 7. The van der Waals surface area contributed by atoms with E-state index in [1.165, 1.54) is 46.0 Å². The molecule has 2 aliphatic rings. The molecule has 0 radical (unpaired) electrons. The Balaban J connectivity index is 1.68. The highest BCUT2D eigenvalue weighted by Gasteiger charge is 2.39. The fourth-order valence-corrected chi connectivity index (χ4v) is 3.93. The Bertz CT molecular complexity index is 1520. The van der Waals surface area contributed by atoms with E-state index >= 15 is 0 Å². The molecule has 0 bridgehead atoms. The lowest BCUT2D eigenvalue weighted by Crippen LogP contribution is -2.39. The SMILES string of the molecule is CC(C)(C)OC(=O)N(c1nc(-c2cccc(OC(F)(F)F)c2)cn2c(/C=C3\NC(=O)NC3=O)cnc12)C1CC1. The van der Waals surface area contributed by atoms with Gasteiger partial charge in [0, 0.05) is 17.8 Å². The predicted octanol–water partition coefficient (Wildman–Crippen LogP) is 4.38. The van der Waals surface area contributed by atoms with Crippen LogP contribution in [0.25, 0.3) is 23.0 Å². The molecular formula is C25H23F3N6O5. The van der Waals surface area contributed by atoms with E-state index in [2.05, 4.69) is 25.3 Å². The Labute approximate surface area is 219 Å². The van der Waals surface area contributed by atoms with Gasteiger partial charge in [-0.25, -0.2) is 19.6 Å². The van der Waals surface area contributed by atoms with Crippen LogP contribution in [0.2, 0.25) is 0 Å². The van der Waals surface area contributed by atoms with Crippen molar-refractivity contribution in [2.45, 2.75) is 51.6 Å². The maximum absolute atomic E-state index is 13.3. The largest absolute Gasteiger partial charge is 0.573 e. The van der Waals surface area contributed by atoms with Crippen LogP contribution >= 0.6 is 0 Å². The number of amides is 4. The smallest absolute Gasteiger partial charge is 0.443 e. The summed E-state index contributed by atoms with van der Waals surface area (Å²) in [5.41, 5.74) is 0.186. The number of rotatable bonds is 5. The second-order valence-corrected chi connectivity index (χ2v) is 9.95. The van der Waals surface area contributed by atoms with Crippen molar-refractivity contribution in [3.8, 4) is 17.0 Å². The standard InChI is InChI=1S/C25H23F3N6O5/c1-24(2,3)39-23(37)34(14-7-8-14)20-19-29-11-15(10-17-21(35)32-22(36)31-17)33(19)12-18(30-20)13-5-4-6-16(9-13)38-25(26,27)28/h4-6,9-12,14H,7-8H2,1-3H3,(H2,31,32,35,36)/b17-10-. The van der Waals surface area contributed by atoms with Crippen LogP contribution in [0.15, 0.2) is 42.4 Å². The Kier molecular flexibility index (Phi) is 6.19. The highest BCUT2D eigenvalue weighted by molar-refractivity contribution is 6.14. The number of benzene rings is 1. The van der Waals surface area contributed by atoms with Gasteiger partial charge in [-0.15, -0.1) is 13.2 Å². The number of carbonyl (C=O) groups excluding carboxylic acids is 3. The number of imidazole rings is 1. The van der Waals surface area contributed by atoms with Gasteiger partial charge < -0.3 is 14.8 Å². The van der Waals surface area contributed by atoms with Gasteiger partial charge in [0.1, 0.15) is 17.0 Å². The number of carbonyl (C=O) groups is 3. The molecule has 5 rings (SSSR count). The molecule has 2 fully saturated rings. The summed E-state index contributed by atoms with van der Waals surface area (Å²) in [7, 11) is 0. The van der Waals surface area contributed by atoms with Gasteiger partial charge in [0.25, 0.3) is 5.91 Å². The zero-order valence-corrected chi connectivity index (χ0v) is 21.0. The average Bonchev–Trinajstić information content (AvgIpc) is 3.47. The van der Waals surface area contributed by atoms with Gasteiger partial charge >= 0.3 is 18.5 Å². The summed E-state index contributed by atoms with van der Waals surface area (Å²) in [6.07, 6.45) is 0.128. The van der Waals surface area contributed by atoms with E-state index in [1.807, 2.05) is 0 Å². The van der Waals surface area contributed by atoms with Crippen molar-refractivity contribution in [2.75, 3.05) is 4.90 Å². The molecule has 2 N–H and O–H groups in total. The third-order valence-corrected chi connectivity index (χ3v) is 5.61. The van der Waals surface area contributed by atoms with Gasteiger partial charge in [-0.2, -0.15) is 0 Å². The number of nitrogens with zero attached hydrogens (tertiary/aromatic N) is 4. The highest BCUT2D eigenvalue weighted by atomic mass is 19.4. The van der Waals surface area contributed by atoms with E-state index in [9.17, 15) is 27.6 Å². The molecule has 1 aromatic carbocycles. The Morgan fingerprint density at radius 1 is 1.18 bits per heavy atom. The third-order valence-electron chi connectivity index (χ3n) is 5.61. The van der Waals surface area contributed by atoms with E-state index in [4.69, 9.17) is 4.74 Å². The molecule has 2 aromatic heterocycles. The molecule has 0 spiro atoms. The Morgan fingerprint density at radius 2 is 1.92 bits per heavy atom. The molecule has 3 heterocycles. The van der Waals surface area contributed by atoms with Crippen molar-refractivity contribution in [3.05, 3.63) is 48.1 Å². The first-order valence-corrected chi connectivity index (χ1v) is 11.9. The predicted molar refractivity (Wildman–Crippen MR) is 131 cm³/mol. The minimum Gasteiger partial charge on any atom is -0.443 e. The highest BCUT2D eigenvalue weighted by Crippen LogP contribution is 2.36. The van der Waals surface area contributed by atoms with Gasteiger partial charge in [-0.05, 0) is 51.8 Å². The first kappa shape index (κ1) is 26.0. The van der Waals surface area contributed by atoms with Crippen LogP contribution in [-0.2, 0) is 9.53 Å². The average molecular weight is 544 g/mol. The number of ether oxygens (including phenoxy) is 2. The lowest BCUT2D eigenvalue weighted by atomic mass is 10.1. The molecule has 39 heavy (non-hydrogen) atoms. The van der Waals surface area contributed by atoms with Crippen LogP contribution in [-0.4, -0.2) is 50.4 Å². The quantitative estimate of drug-likeness (QED) is 0.361. The minimum absolute atomic E-state index is 0.0338. The number of urea groups is 1. The molecule has 14 heteroatoms. The molecular weight excluding hydrogens is 521 g/mol. The van der Waals surface area contributed by atoms with Crippen molar-refractivity contribution in [3.63, 3.8) is 0 Å². The minimum atomic E-state index is -4.89. The molecule has 204 valence electrons. The lowest BCUT2D eigenvalue weighted by molar-refractivity contribution is -0.274. The van der Waals surface area contributed by atoms with Crippen LogP contribution in [0, 0.1) is 0 Å². The number of aromatic nitrogens is 3. The number of anilines is 1. The number of imide groups is 1. The second-order valence-electron chi connectivity index (χ2n) is 9.95. The fraction of sp³-hybridized carbons (Fsp3) is 0.320. The van der Waals surface area contributed by atoms with Gasteiger partial charge in [-0.3, -0.25) is 19.4 Å². The van der Waals surface area contributed by atoms with Crippen molar-refractivity contribution >= 4 is 35.6 Å². The van der Waals surface area contributed by atoms with Crippen LogP contribution in [0.5, 0.6) is 5.75 Å². The van der Waals surface area contributed by atoms with Crippen molar-refractivity contribution in [2.24, 2.45) is 0 Å². The van der Waals surface area contributed by atoms with Crippen LogP contribution in [0.3, 0.4) is 0 Å². The Morgan fingerprint density at radius 3 is 2.54 bits per heavy atom. The first-order valence-electron chi connectivity index (χ1n) is 11.9. The normalized spacial score (nSPS) is 16.8. The molecule has 11 nitrogen and oxygen atoms in total. The summed E-state index contributed by atoms with van der Waals surface area (Å²) in [6, 6.07) is 4.33. The lowest BCUT2D eigenvalue weighted by Gasteiger charge is -2.27. The molecule has 0 unspecified atom stereocenters. The first-order chi connectivity index (χ1) is 18.3. The second kappa shape index (κ2) is 9.29. The summed E-state index contributed by atoms with van der Waals surface area (Å²) < 4.78 is 49.8. The molecule has 3 aromatic rings. The van der Waals surface area contributed by atoms with Gasteiger partial charge in [0.05, 0.1) is 17.6 Å². The molecule has 1 saturated heterocycles. The van der Waals surface area contributed by atoms with E-state index < -0.39 is 35.7 Å². The molecule has 1 aliphatic carbocycles. The van der Waals surface area contributed by atoms with Crippen molar-refractivity contribution in [1.29, 1.82) is 0 Å². The molecule has 0 atom stereocenters. The van der Waals surface area contributed by atoms with Gasteiger partial charge in [0.2, 0.25) is 0 Å². The summed E-state index contributed by atoms with van der Waals surface area (Å²) in [6.45, 7) is 5.17. The zero-order chi connectivity index (χ0) is 28.1. The topological polar surface area (TPSA) is 127 Å². The van der Waals surface area contributed by atoms with E-state index in [0.717, 1.165) is 6.07 Å². The summed E-state index contributed by atoms with van der Waals surface area (Å²) in [4.78, 5) is 47.4. The van der Waals surface area contributed by atoms with Gasteiger partial charge in [0.15, 0.2) is 11.5 Å². The molecule has 1 saturated carbocycles. The number of nitrogens with one attached hydrogen (secondary N) is 2. The summed E-state index contributed by atoms with van der Waals surface area (Å²) in [5.74, 6) is -0.973. The maximum Gasteiger partial charge on any atom is 0.573 e. The maximum atomic E-state index is 13.3. The number of fused-ring (bicyclic) bond motifs is 1. The van der Waals surface area contributed by atoms with E-state index in [0.29, 0.717) is 18.5 Å². The Hall–Kier alpha value is -4.62. The van der Waals surface area contributed by atoms with Crippen LogP contribution < -0.4 is 20.3 Å². The summed E-state index contributed by atoms with van der Waals surface area (Å²) in [5, 5.41) is 4.49. The van der Waals surface area contributed by atoms with Crippen LogP contribution in [0.4, 0.5) is 28.6 Å². The fourth-order valence-electron chi connectivity index (χ4n) is 3.93. The van der Waals surface area contributed by atoms with Crippen molar-refractivity contribution in [1.82, 2.24) is 25.0 Å². The molecule has 1 aliphatic heterocycles. The zero-order valence-electron chi connectivity index (χ0n) is 21.0. The third kappa shape index (κ3) is 5.78.